The lowest BCUT2D eigenvalue weighted by molar-refractivity contribution is 0.187. The van der Waals surface area contributed by atoms with Crippen molar-refractivity contribution in [2.75, 3.05) is 19.8 Å². The second-order valence-corrected chi connectivity index (χ2v) is 4.94. The number of ether oxygens (including phenoxy) is 1. The predicted octanol–water partition coefficient (Wildman–Crippen LogP) is 1.41. The molecule has 2 heterocycles. The molecule has 1 aliphatic rings. The molecule has 0 aromatic carbocycles. The zero-order valence-corrected chi connectivity index (χ0v) is 10.9. The van der Waals surface area contributed by atoms with Gasteiger partial charge in [0.1, 0.15) is 5.82 Å². The lowest BCUT2D eigenvalue weighted by Crippen LogP contribution is -2.35. The van der Waals surface area contributed by atoms with E-state index in [-0.39, 0.29) is 0 Å². The van der Waals surface area contributed by atoms with E-state index in [4.69, 9.17) is 4.74 Å². The Hall–Kier alpha value is -0.940. The Morgan fingerprint density at radius 3 is 2.94 bits per heavy atom. The standard InChI is InChI=1S/C12H22N4O/c1-4-5-13-10-7-17-6-9(10)12-14-11(8(2)3)15-16-12/h8-10,13H,4-7H2,1-3H3,(H,14,15,16). The van der Waals surface area contributed by atoms with Crippen molar-refractivity contribution in [1.29, 1.82) is 0 Å². The van der Waals surface area contributed by atoms with E-state index in [1.54, 1.807) is 0 Å². The summed E-state index contributed by atoms with van der Waals surface area (Å²) in [6.45, 7) is 8.89. The van der Waals surface area contributed by atoms with Crippen LogP contribution in [0.25, 0.3) is 0 Å². The number of nitrogens with zero attached hydrogens (tertiary/aromatic N) is 2. The monoisotopic (exact) mass is 238 g/mol. The number of aromatic amines is 1. The molecule has 5 heteroatoms. The molecule has 2 rings (SSSR count). The maximum atomic E-state index is 5.54. The first-order valence-electron chi connectivity index (χ1n) is 6.45. The van der Waals surface area contributed by atoms with Crippen molar-refractivity contribution >= 4 is 0 Å². The molecule has 2 atom stereocenters. The van der Waals surface area contributed by atoms with Crippen LogP contribution < -0.4 is 5.32 Å². The number of hydrogen-bond donors (Lipinski definition) is 2. The van der Waals surface area contributed by atoms with Crippen molar-refractivity contribution in [2.24, 2.45) is 0 Å². The summed E-state index contributed by atoms with van der Waals surface area (Å²) in [5.74, 6) is 2.52. The Morgan fingerprint density at radius 1 is 1.47 bits per heavy atom. The highest BCUT2D eigenvalue weighted by Crippen LogP contribution is 2.23. The smallest absolute Gasteiger partial charge is 0.153 e. The van der Waals surface area contributed by atoms with Gasteiger partial charge in [0.15, 0.2) is 5.82 Å². The van der Waals surface area contributed by atoms with E-state index in [0.717, 1.165) is 37.8 Å². The molecule has 0 spiro atoms. The van der Waals surface area contributed by atoms with Gasteiger partial charge in [-0.1, -0.05) is 20.8 Å². The van der Waals surface area contributed by atoms with Gasteiger partial charge in [0.2, 0.25) is 0 Å². The Kier molecular flexibility index (Phi) is 4.12. The van der Waals surface area contributed by atoms with Crippen LogP contribution in [0.1, 0.15) is 50.7 Å². The summed E-state index contributed by atoms with van der Waals surface area (Å²) in [6, 6.07) is 0.364. The van der Waals surface area contributed by atoms with Crippen LogP contribution in [0.3, 0.4) is 0 Å². The molecule has 1 aromatic heterocycles. The van der Waals surface area contributed by atoms with E-state index in [9.17, 15) is 0 Å². The molecular formula is C12H22N4O. The fourth-order valence-electron chi connectivity index (χ4n) is 2.07. The summed E-state index contributed by atoms with van der Waals surface area (Å²) >= 11 is 0. The van der Waals surface area contributed by atoms with Crippen LogP contribution in [0.4, 0.5) is 0 Å². The van der Waals surface area contributed by atoms with E-state index in [0.29, 0.717) is 17.9 Å². The van der Waals surface area contributed by atoms with Crippen LogP contribution in [-0.4, -0.2) is 41.0 Å². The third kappa shape index (κ3) is 2.84. The molecule has 0 bridgehead atoms. The molecule has 0 saturated carbocycles. The summed E-state index contributed by atoms with van der Waals surface area (Å²) in [6.07, 6.45) is 1.14. The topological polar surface area (TPSA) is 62.8 Å². The van der Waals surface area contributed by atoms with E-state index in [2.05, 4.69) is 41.3 Å². The minimum Gasteiger partial charge on any atom is -0.379 e. The van der Waals surface area contributed by atoms with Gasteiger partial charge in [-0.05, 0) is 13.0 Å². The van der Waals surface area contributed by atoms with Crippen molar-refractivity contribution in [1.82, 2.24) is 20.5 Å². The zero-order chi connectivity index (χ0) is 12.3. The predicted molar refractivity (Wildman–Crippen MR) is 66.1 cm³/mol. The molecule has 17 heavy (non-hydrogen) atoms. The number of rotatable bonds is 5. The van der Waals surface area contributed by atoms with Gasteiger partial charge >= 0.3 is 0 Å². The van der Waals surface area contributed by atoms with Gasteiger partial charge in [0.25, 0.3) is 0 Å². The number of hydrogen-bond acceptors (Lipinski definition) is 4. The van der Waals surface area contributed by atoms with Gasteiger partial charge in [-0.25, -0.2) is 4.98 Å². The largest absolute Gasteiger partial charge is 0.379 e. The highest BCUT2D eigenvalue weighted by Gasteiger charge is 2.31. The number of aromatic nitrogens is 3. The first-order valence-corrected chi connectivity index (χ1v) is 6.45. The molecule has 0 aliphatic carbocycles. The van der Waals surface area contributed by atoms with Crippen LogP contribution >= 0.6 is 0 Å². The number of H-pyrrole nitrogens is 1. The third-order valence-corrected chi connectivity index (χ3v) is 3.12. The van der Waals surface area contributed by atoms with Crippen LogP contribution in [0.5, 0.6) is 0 Å². The van der Waals surface area contributed by atoms with E-state index in [1.165, 1.54) is 0 Å². The van der Waals surface area contributed by atoms with Crippen LogP contribution in [0.2, 0.25) is 0 Å². The molecule has 2 N–H and O–H groups in total. The molecule has 0 radical (unpaired) electrons. The quantitative estimate of drug-likeness (QED) is 0.814. The lowest BCUT2D eigenvalue weighted by Gasteiger charge is -2.16. The second-order valence-electron chi connectivity index (χ2n) is 4.94. The van der Waals surface area contributed by atoms with Gasteiger partial charge < -0.3 is 10.1 Å². The minimum absolute atomic E-state index is 0.307. The molecule has 2 unspecified atom stereocenters. The van der Waals surface area contributed by atoms with Gasteiger partial charge in [0.05, 0.1) is 19.1 Å². The Labute approximate surface area is 102 Å². The van der Waals surface area contributed by atoms with Crippen LogP contribution in [0.15, 0.2) is 0 Å². The zero-order valence-electron chi connectivity index (χ0n) is 10.9. The summed E-state index contributed by atoms with van der Waals surface area (Å²) in [7, 11) is 0. The van der Waals surface area contributed by atoms with Crippen molar-refractivity contribution in [2.45, 2.75) is 45.1 Å². The molecule has 5 nitrogen and oxygen atoms in total. The minimum atomic E-state index is 0.307. The summed E-state index contributed by atoms with van der Waals surface area (Å²) in [5, 5.41) is 10.8. The first kappa shape index (κ1) is 12.5. The lowest BCUT2D eigenvalue weighted by atomic mass is 10.0. The van der Waals surface area contributed by atoms with Crippen molar-refractivity contribution in [3.8, 4) is 0 Å². The van der Waals surface area contributed by atoms with Crippen LogP contribution in [-0.2, 0) is 4.74 Å². The Balaban J connectivity index is 2.03. The molecule has 1 saturated heterocycles. The highest BCUT2D eigenvalue weighted by atomic mass is 16.5. The fraction of sp³-hybridized carbons (Fsp3) is 0.833. The first-order chi connectivity index (χ1) is 8.22. The molecule has 0 amide bonds. The molecule has 1 fully saturated rings. The maximum Gasteiger partial charge on any atom is 0.153 e. The van der Waals surface area contributed by atoms with Crippen molar-refractivity contribution < 1.29 is 4.74 Å². The van der Waals surface area contributed by atoms with E-state index >= 15 is 0 Å². The second kappa shape index (κ2) is 5.60. The van der Waals surface area contributed by atoms with Gasteiger partial charge in [0, 0.05) is 12.0 Å². The van der Waals surface area contributed by atoms with Crippen molar-refractivity contribution in [3.63, 3.8) is 0 Å². The average Bonchev–Trinajstić information content (AvgIpc) is 2.94. The normalized spacial score (nSPS) is 24.7. The van der Waals surface area contributed by atoms with Gasteiger partial charge in [-0.2, -0.15) is 5.10 Å². The summed E-state index contributed by atoms with van der Waals surface area (Å²) in [5.41, 5.74) is 0. The number of nitrogens with one attached hydrogen (secondary N) is 2. The molecule has 96 valence electrons. The van der Waals surface area contributed by atoms with Gasteiger partial charge in [-0.3, -0.25) is 5.10 Å². The third-order valence-electron chi connectivity index (χ3n) is 3.12. The van der Waals surface area contributed by atoms with Crippen molar-refractivity contribution in [3.05, 3.63) is 11.6 Å². The molecule has 1 aromatic rings. The Bertz CT molecular complexity index is 350. The van der Waals surface area contributed by atoms with E-state index < -0.39 is 0 Å². The maximum absolute atomic E-state index is 5.54. The van der Waals surface area contributed by atoms with Gasteiger partial charge in [-0.15, -0.1) is 0 Å². The highest BCUT2D eigenvalue weighted by molar-refractivity contribution is 5.06. The fourth-order valence-corrected chi connectivity index (χ4v) is 2.07. The van der Waals surface area contributed by atoms with E-state index in [1.807, 2.05) is 0 Å². The Morgan fingerprint density at radius 2 is 2.29 bits per heavy atom. The summed E-state index contributed by atoms with van der Waals surface area (Å²) < 4.78 is 5.54. The molecule has 1 aliphatic heterocycles. The van der Waals surface area contributed by atoms with Crippen LogP contribution in [0, 0.1) is 0 Å². The SMILES string of the molecule is CCCNC1COCC1c1nc(C(C)C)n[nH]1. The average molecular weight is 238 g/mol. The summed E-state index contributed by atoms with van der Waals surface area (Å²) in [4.78, 5) is 4.56. The molecular weight excluding hydrogens is 216 g/mol.